The van der Waals surface area contributed by atoms with Crippen LogP contribution < -0.4 is 10.6 Å². The Morgan fingerprint density at radius 3 is 2.52 bits per heavy atom. The monoisotopic (exact) mass is 377 g/mol. The number of Topliss-reactive ketones (excluding diaryl/α,β-unsaturated/α-hetero) is 1. The van der Waals surface area contributed by atoms with Crippen molar-refractivity contribution in [1.29, 1.82) is 0 Å². The first kappa shape index (κ1) is 18.5. The summed E-state index contributed by atoms with van der Waals surface area (Å²) in [5.74, 6) is -0.730. The van der Waals surface area contributed by atoms with E-state index in [1.165, 1.54) is 19.1 Å². The third-order valence-corrected chi connectivity index (χ3v) is 3.68. The van der Waals surface area contributed by atoms with Crippen LogP contribution in [0.5, 0.6) is 0 Å². The molecule has 25 heavy (non-hydrogen) atoms. The Labute approximate surface area is 153 Å². The molecule has 0 saturated carbocycles. The molecule has 0 unspecified atom stereocenters. The maximum atomic E-state index is 12.1. The van der Waals surface area contributed by atoms with E-state index in [-0.39, 0.29) is 27.2 Å². The van der Waals surface area contributed by atoms with Gasteiger partial charge in [0.25, 0.3) is 11.6 Å². The number of carbonyl (C=O) groups is 2. The number of amides is 1. The molecule has 0 spiro atoms. The molecule has 0 aliphatic heterocycles. The molecule has 0 fully saturated rings. The molecule has 0 atom stereocenters. The van der Waals surface area contributed by atoms with Crippen molar-refractivity contribution in [2.24, 2.45) is 0 Å². The fourth-order valence-corrected chi connectivity index (χ4v) is 2.34. The molecule has 0 aromatic heterocycles. The Morgan fingerprint density at radius 2 is 1.88 bits per heavy atom. The number of anilines is 1. The maximum Gasteiger partial charge on any atom is 0.288 e. The first-order chi connectivity index (χ1) is 11.8. The van der Waals surface area contributed by atoms with Gasteiger partial charge < -0.3 is 5.32 Å². The fourth-order valence-electron chi connectivity index (χ4n) is 1.95. The summed E-state index contributed by atoms with van der Waals surface area (Å²) in [5, 5.41) is 16.0. The summed E-state index contributed by atoms with van der Waals surface area (Å²) in [6.45, 7) is 1.44. The van der Waals surface area contributed by atoms with Gasteiger partial charge in [0.05, 0.1) is 4.92 Å². The highest BCUT2D eigenvalue weighted by molar-refractivity contribution is 7.80. The predicted octanol–water partition coefficient (Wildman–Crippen LogP) is 3.58. The number of nitro benzene ring substituents is 1. The SMILES string of the molecule is CC(=O)c1cccc(NC(=S)NC(=O)c2ccc(Cl)c([N+](=O)[O-])c2)c1. The van der Waals surface area contributed by atoms with Crippen LogP contribution in [-0.2, 0) is 0 Å². The normalized spacial score (nSPS) is 10.0. The van der Waals surface area contributed by atoms with Crippen LogP contribution in [0.2, 0.25) is 5.02 Å². The molecule has 0 radical (unpaired) electrons. The van der Waals surface area contributed by atoms with E-state index in [0.29, 0.717) is 11.3 Å². The molecule has 1 amide bonds. The van der Waals surface area contributed by atoms with Gasteiger partial charge in [0, 0.05) is 22.9 Å². The molecule has 0 aliphatic carbocycles. The quantitative estimate of drug-likeness (QED) is 0.365. The summed E-state index contributed by atoms with van der Waals surface area (Å²) in [7, 11) is 0. The van der Waals surface area contributed by atoms with Crippen LogP contribution in [-0.4, -0.2) is 21.7 Å². The Kier molecular flexibility index (Phi) is 5.79. The van der Waals surface area contributed by atoms with Crippen molar-refractivity contribution >= 4 is 52.0 Å². The second kappa shape index (κ2) is 7.82. The van der Waals surface area contributed by atoms with Crippen molar-refractivity contribution in [3.63, 3.8) is 0 Å². The van der Waals surface area contributed by atoms with Gasteiger partial charge in [-0.25, -0.2) is 0 Å². The van der Waals surface area contributed by atoms with Crippen LogP contribution in [0.1, 0.15) is 27.6 Å². The lowest BCUT2D eigenvalue weighted by molar-refractivity contribution is -0.384. The van der Waals surface area contributed by atoms with E-state index in [9.17, 15) is 19.7 Å². The summed E-state index contributed by atoms with van der Waals surface area (Å²) >= 11 is 10.8. The van der Waals surface area contributed by atoms with Gasteiger partial charge in [0.1, 0.15) is 5.02 Å². The van der Waals surface area contributed by atoms with Gasteiger partial charge in [-0.2, -0.15) is 0 Å². The highest BCUT2D eigenvalue weighted by Gasteiger charge is 2.17. The van der Waals surface area contributed by atoms with Gasteiger partial charge in [0.2, 0.25) is 0 Å². The third kappa shape index (κ3) is 4.82. The highest BCUT2D eigenvalue weighted by Crippen LogP contribution is 2.25. The van der Waals surface area contributed by atoms with E-state index < -0.39 is 10.8 Å². The Hall–Kier alpha value is -2.84. The number of hydrogen-bond acceptors (Lipinski definition) is 5. The minimum Gasteiger partial charge on any atom is -0.332 e. The maximum absolute atomic E-state index is 12.1. The number of benzene rings is 2. The van der Waals surface area contributed by atoms with Crippen LogP contribution in [0.15, 0.2) is 42.5 Å². The summed E-state index contributed by atoms with van der Waals surface area (Å²) in [5.41, 5.74) is 0.688. The van der Waals surface area contributed by atoms with Gasteiger partial charge in [-0.15, -0.1) is 0 Å². The van der Waals surface area contributed by atoms with Crippen LogP contribution in [0.4, 0.5) is 11.4 Å². The van der Waals surface area contributed by atoms with Crippen LogP contribution in [0.3, 0.4) is 0 Å². The minimum absolute atomic E-state index is 0.0108. The van der Waals surface area contributed by atoms with Gasteiger partial charge in [0.15, 0.2) is 10.9 Å². The third-order valence-electron chi connectivity index (χ3n) is 3.16. The van der Waals surface area contributed by atoms with E-state index in [0.717, 1.165) is 6.07 Å². The van der Waals surface area contributed by atoms with Crippen molar-refractivity contribution in [2.75, 3.05) is 5.32 Å². The number of nitrogens with one attached hydrogen (secondary N) is 2. The summed E-state index contributed by atoms with van der Waals surface area (Å²) < 4.78 is 0. The van der Waals surface area contributed by atoms with Gasteiger partial charge >= 0.3 is 0 Å². The zero-order valence-electron chi connectivity index (χ0n) is 12.9. The molecular weight excluding hydrogens is 366 g/mol. The second-order valence-electron chi connectivity index (χ2n) is 4.97. The van der Waals surface area contributed by atoms with Gasteiger partial charge in [-0.3, -0.25) is 25.0 Å². The molecule has 0 aliphatic rings. The molecule has 128 valence electrons. The van der Waals surface area contributed by atoms with Crippen LogP contribution in [0.25, 0.3) is 0 Å². The molecule has 7 nitrogen and oxygen atoms in total. The number of carbonyl (C=O) groups excluding carboxylic acids is 2. The van der Waals surface area contributed by atoms with E-state index >= 15 is 0 Å². The van der Waals surface area contributed by atoms with E-state index in [4.69, 9.17) is 23.8 Å². The number of hydrogen-bond donors (Lipinski definition) is 2. The van der Waals surface area contributed by atoms with Crippen molar-refractivity contribution in [3.8, 4) is 0 Å². The van der Waals surface area contributed by atoms with E-state index in [1.807, 2.05) is 0 Å². The first-order valence-corrected chi connectivity index (χ1v) is 7.74. The number of nitro groups is 1. The number of ketones is 1. The summed E-state index contributed by atoms with van der Waals surface area (Å²) in [6, 6.07) is 10.3. The predicted molar refractivity (Wildman–Crippen MR) is 98.2 cm³/mol. The topological polar surface area (TPSA) is 101 Å². The Morgan fingerprint density at radius 1 is 1.16 bits per heavy atom. The zero-order chi connectivity index (χ0) is 18.6. The zero-order valence-corrected chi connectivity index (χ0v) is 14.5. The van der Waals surface area contributed by atoms with Crippen LogP contribution in [0, 0.1) is 10.1 Å². The minimum atomic E-state index is -0.678. The molecular formula is C16H12ClN3O4S. The standard InChI is InChI=1S/C16H12ClN3O4S/c1-9(21)10-3-2-4-12(7-10)18-16(25)19-15(22)11-5-6-13(17)14(8-11)20(23)24/h2-8H,1H3,(H2,18,19,22,25). The van der Waals surface area contributed by atoms with Gasteiger partial charge in [-0.05, 0) is 43.4 Å². The average molecular weight is 378 g/mol. The lowest BCUT2D eigenvalue weighted by atomic mass is 10.1. The van der Waals surface area contributed by atoms with Crippen molar-refractivity contribution < 1.29 is 14.5 Å². The Balaban J connectivity index is 2.09. The first-order valence-electron chi connectivity index (χ1n) is 6.95. The molecule has 0 saturated heterocycles. The highest BCUT2D eigenvalue weighted by atomic mass is 35.5. The summed E-state index contributed by atoms with van der Waals surface area (Å²) in [4.78, 5) is 33.7. The Bertz CT molecular complexity index is 885. The molecule has 2 rings (SSSR count). The fraction of sp³-hybridized carbons (Fsp3) is 0.0625. The van der Waals surface area contributed by atoms with E-state index in [1.54, 1.807) is 24.3 Å². The summed E-state index contributed by atoms with van der Waals surface area (Å²) in [6.07, 6.45) is 0. The molecule has 2 aromatic rings. The lowest BCUT2D eigenvalue weighted by Gasteiger charge is -2.10. The lowest BCUT2D eigenvalue weighted by Crippen LogP contribution is -2.34. The van der Waals surface area contributed by atoms with Crippen LogP contribution >= 0.6 is 23.8 Å². The molecule has 0 bridgehead atoms. The number of rotatable bonds is 4. The van der Waals surface area contributed by atoms with Crippen molar-refractivity contribution in [1.82, 2.24) is 5.32 Å². The number of nitrogens with zero attached hydrogens (tertiary/aromatic N) is 1. The van der Waals surface area contributed by atoms with Crippen molar-refractivity contribution in [2.45, 2.75) is 6.92 Å². The molecule has 2 N–H and O–H groups in total. The smallest absolute Gasteiger partial charge is 0.288 e. The second-order valence-corrected chi connectivity index (χ2v) is 5.78. The number of thiocarbonyl (C=S) groups is 1. The average Bonchev–Trinajstić information content (AvgIpc) is 2.54. The molecule has 2 aromatic carbocycles. The van der Waals surface area contributed by atoms with Gasteiger partial charge in [-0.1, -0.05) is 23.7 Å². The van der Waals surface area contributed by atoms with Crippen molar-refractivity contribution in [3.05, 3.63) is 68.7 Å². The largest absolute Gasteiger partial charge is 0.332 e. The molecule has 9 heteroatoms. The van der Waals surface area contributed by atoms with E-state index in [2.05, 4.69) is 10.6 Å². The number of halogens is 1. The molecule has 0 heterocycles.